The second-order valence-corrected chi connectivity index (χ2v) is 11.3. The Morgan fingerprint density at radius 2 is 2.33 bits per heavy atom. The van der Waals surface area contributed by atoms with Gasteiger partial charge < -0.3 is 14.8 Å². The molecule has 0 aromatic carbocycles. The molecule has 0 aromatic heterocycles. The van der Waals surface area contributed by atoms with Gasteiger partial charge in [-0.3, -0.25) is 0 Å². The van der Waals surface area contributed by atoms with E-state index in [1.165, 1.54) is 6.21 Å². The number of rotatable bonds is 4. The summed E-state index contributed by atoms with van der Waals surface area (Å²) < 4.78 is 5.27. The molecule has 0 radical (unpaired) electrons. The standard InChI is InChI=1S/C12H22N2O3Si/c1-18(2,3)8-7-17-12(15)14-6-4-5-11(10-14)9-13-16/h5,9,16H,4,6-8,10H2,1-3H3. The van der Waals surface area contributed by atoms with Crippen molar-refractivity contribution in [2.45, 2.75) is 32.1 Å². The molecule has 0 fully saturated rings. The van der Waals surface area contributed by atoms with Gasteiger partial charge in [-0.05, 0) is 18.0 Å². The van der Waals surface area contributed by atoms with Crippen LogP contribution in [0.3, 0.4) is 0 Å². The van der Waals surface area contributed by atoms with E-state index in [1.54, 1.807) is 4.90 Å². The Kier molecular flexibility index (Phi) is 5.40. The molecule has 1 aliphatic rings. The van der Waals surface area contributed by atoms with Gasteiger partial charge in [0, 0.05) is 14.6 Å². The largest absolute Gasteiger partial charge is 0.450 e. The first kappa shape index (κ1) is 14.8. The number of amides is 1. The zero-order valence-electron chi connectivity index (χ0n) is 11.3. The number of carbonyl (C=O) groups excluding carboxylic acids is 1. The van der Waals surface area contributed by atoms with Gasteiger partial charge in [0.2, 0.25) is 0 Å². The molecular formula is C12H22N2O3Si. The molecule has 102 valence electrons. The van der Waals surface area contributed by atoms with Gasteiger partial charge in [0.25, 0.3) is 0 Å². The minimum atomic E-state index is -1.16. The molecule has 1 N–H and O–H groups in total. The van der Waals surface area contributed by atoms with Crippen LogP contribution < -0.4 is 0 Å². The molecule has 1 amide bonds. The topological polar surface area (TPSA) is 62.1 Å². The smallest absolute Gasteiger partial charge is 0.410 e. The van der Waals surface area contributed by atoms with Crippen molar-refractivity contribution >= 4 is 20.4 Å². The van der Waals surface area contributed by atoms with Gasteiger partial charge in [-0.15, -0.1) is 0 Å². The highest BCUT2D eigenvalue weighted by atomic mass is 28.3. The summed E-state index contributed by atoms with van der Waals surface area (Å²) in [6.45, 7) is 8.36. The fraction of sp³-hybridized carbons (Fsp3) is 0.667. The second kappa shape index (κ2) is 6.58. The summed E-state index contributed by atoms with van der Waals surface area (Å²) in [5.74, 6) is 0. The maximum atomic E-state index is 11.8. The Labute approximate surface area is 109 Å². The fourth-order valence-corrected chi connectivity index (χ4v) is 2.34. The SMILES string of the molecule is C[Si](C)(C)CCOC(=O)N1CCC=C(C=NO)C1. The average molecular weight is 270 g/mol. The molecule has 1 heterocycles. The monoisotopic (exact) mass is 270 g/mol. The molecule has 0 aromatic rings. The summed E-state index contributed by atoms with van der Waals surface area (Å²) in [5.41, 5.74) is 0.839. The Balaban J connectivity index is 2.37. The zero-order valence-corrected chi connectivity index (χ0v) is 12.3. The summed E-state index contributed by atoms with van der Waals surface area (Å²) in [6.07, 6.45) is 3.82. The second-order valence-electron chi connectivity index (χ2n) is 5.66. The molecule has 5 nitrogen and oxygen atoms in total. The van der Waals surface area contributed by atoms with E-state index in [0.29, 0.717) is 19.7 Å². The van der Waals surface area contributed by atoms with Crippen LogP contribution in [-0.4, -0.2) is 50.2 Å². The van der Waals surface area contributed by atoms with Crippen LogP contribution in [0.5, 0.6) is 0 Å². The van der Waals surface area contributed by atoms with Gasteiger partial charge in [-0.1, -0.05) is 30.9 Å². The highest BCUT2D eigenvalue weighted by Crippen LogP contribution is 2.11. The first-order valence-corrected chi connectivity index (χ1v) is 9.91. The number of hydrogen-bond acceptors (Lipinski definition) is 4. The predicted molar refractivity (Wildman–Crippen MR) is 74.1 cm³/mol. The molecule has 0 aliphatic carbocycles. The first-order chi connectivity index (χ1) is 8.42. The fourth-order valence-electron chi connectivity index (χ4n) is 1.63. The van der Waals surface area contributed by atoms with E-state index in [9.17, 15) is 4.79 Å². The maximum absolute atomic E-state index is 11.8. The van der Waals surface area contributed by atoms with E-state index in [4.69, 9.17) is 9.94 Å². The predicted octanol–water partition coefficient (Wildman–Crippen LogP) is 2.55. The first-order valence-electron chi connectivity index (χ1n) is 6.20. The van der Waals surface area contributed by atoms with Gasteiger partial charge in [0.05, 0.1) is 19.4 Å². The van der Waals surface area contributed by atoms with Crippen LogP contribution >= 0.6 is 0 Å². The molecule has 0 spiro atoms. The number of ether oxygens (including phenoxy) is 1. The number of hydrogen-bond donors (Lipinski definition) is 1. The van der Waals surface area contributed by atoms with Crippen molar-refractivity contribution in [1.82, 2.24) is 4.90 Å². The molecule has 0 saturated heterocycles. The van der Waals surface area contributed by atoms with Crippen molar-refractivity contribution in [2.24, 2.45) is 5.16 Å². The highest BCUT2D eigenvalue weighted by molar-refractivity contribution is 6.76. The third kappa shape index (κ3) is 5.35. The van der Waals surface area contributed by atoms with E-state index in [-0.39, 0.29) is 6.09 Å². The van der Waals surface area contributed by atoms with E-state index in [1.807, 2.05) is 6.08 Å². The van der Waals surface area contributed by atoms with Crippen LogP contribution in [0.2, 0.25) is 25.7 Å². The van der Waals surface area contributed by atoms with Crippen molar-refractivity contribution in [3.8, 4) is 0 Å². The van der Waals surface area contributed by atoms with Crippen LogP contribution in [0.25, 0.3) is 0 Å². The lowest BCUT2D eigenvalue weighted by Gasteiger charge is -2.26. The molecule has 0 unspecified atom stereocenters. The molecular weight excluding hydrogens is 248 g/mol. The Morgan fingerprint density at radius 1 is 1.61 bits per heavy atom. The molecule has 0 saturated carbocycles. The molecule has 0 atom stereocenters. The summed E-state index contributed by atoms with van der Waals surface area (Å²) in [6, 6.07) is 0.980. The molecule has 6 heteroatoms. The maximum Gasteiger partial charge on any atom is 0.410 e. The summed E-state index contributed by atoms with van der Waals surface area (Å²) in [5, 5.41) is 11.5. The normalized spacial score (nSPS) is 16.8. The summed E-state index contributed by atoms with van der Waals surface area (Å²) >= 11 is 0. The average Bonchev–Trinajstić information content (AvgIpc) is 2.28. The third-order valence-electron chi connectivity index (χ3n) is 2.74. The number of nitrogens with zero attached hydrogens (tertiary/aromatic N) is 2. The van der Waals surface area contributed by atoms with Gasteiger partial charge in [0.1, 0.15) is 0 Å². The van der Waals surface area contributed by atoms with Crippen LogP contribution in [0.1, 0.15) is 6.42 Å². The van der Waals surface area contributed by atoms with E-state index < -0.39 is 8.07 Å². The minimum Gasteiger partial charge on any atom is -0.450 e. The van der Waals surface area contributed by atoms with Crippen LogP contribution in [-0.2, 0) is 4.74 Å². The van der Waals surface area contributed by atoms with Gasteiger partial charge in [0.15, 0.2) is 0 Å². The van der Waals surface area contributed by atoms with Crippen LogP contribution in [0.15, 0.2) is 16.8 Å². The van der Waals surface area contributed by atoms with E-state index in [0.717, 1.165) is 18.0 Å². The lowest BCUT2D eigenvalue weighted by molar-refractivity contribution is 0.110. The Bertz CT molecular complexity index is 348. The molecule has 0 bridgehead atoms. The van der Waals surface area contributed by atoms with E-state index >= 15 is 0 Å². The van der Waals surface area contributed by atoms with Gasteiger partial charge >= 0.3 is 6.09 Å². The van der Waals surface area contributed by atoms with Gasteiger partial charge in [-0.2, -0.15) is 0 Å². The van der Waals surface area contributed by atoms with E-state index in [2.05, 4.69) is 24.8 Å². The van der Waals surface area contributed by atoms with Gasteiger partial charge in [-0.25, -0.2) is 4.79 Å². The van der Waals surface area contributed by atoms with Crippen molar-refractivity contribution in [2.75, 3.05) is 19.7 Å². The zero-order chi connectivity index (χ0) is 13.6. The quantitative estimate of drug-likeness (QED) is 0.369. The number of carbonyl (C=O) groups is 1. The molecule has 1 rings (SSSR count). The Hall–Kier alpha value is -1.30. The molecule has 18 heavy (non-hydrogen) atoms. The Morgan fingerprint density at radius 3 is 2.94 bits per heavy atom. The third-order valence-corrected chi connectivity index (χ3v) is 4.44. The summed E-state index contributed by atoms with van der Waals surface area (Å²) in [4.78, 5) is 13.5. The minimum absolute atomic E-state index is 0.273. The lowest BCUT2D eigenvalue weighted by atomic mass is 10.1. The van der Waals surface area contributed by atoms with Crippen LogP contribution in [0.4, 0.5) is 4.79 Å². The van der Waals surface area contributed by atoms with Crippen molar-refractivity contribution in [3.05, 3.63) is 11.6 Å². The summed E-state index contributed by atoms with van der Waals surface area (Å²) in [7, 11) is -1.16. The number of oxime groups is 1. The van der Waals surface area contributed by atoms with Crippen molar-refractivity contribution < 1.29 is 14.7 Å². The van der Waals surface area contributed by atoms with Crippen molar-refractivity contribution in [1.29, 1.82) is 0 Å². The van der Waals surface area contributed by atoms with Crippen LogP contribution in [0, 0.1) is 0 Å². The lowest BCUT2D eigenvalue weighted by Crippen LogP contribution is -2.37. The molecule has 1 aliphatic heterocycles. The van der Waals surface area contributed by atoms with Crippen molar-refractivity contribution in [3.63, 3.8) is 0 Å². The highest BCUT2D eigenvalue weighted by Gasteiger charge is 2.20.